The molecule has 1 heterocycles. The Morgan fingerprint density at radius 1 is 1.37 bits per heavy atom. The monoisotopic (exact) mass is 302 g/mol. The van der Waals surface area contributed by atoms with Gasteiger partial charge in [0, 0.05) is 5.02 Å². The molecular formula is C10H11ClN4O3S. The molecule has 0 amide bonds. The van der Waals surface area contributed by atoms with Crippen molar-refractivity contribution < 1.29 is 13.2 Å². The lowest BCUT2D eigenvalue weighted by molar-refractivity contribution is 0.314. The number of sulfonamides is 1. The molecule has 0 fully saturated rings. The van der Waals surface area contributed by atoms with Crippen molar-refractivity contribution in [2.24, 2.45) is 0 Å². The number of halogens is 1. The molecule has 0 aliphatic heterocycles. The van der Waals surface area contributed by atoms with E-state index >= 15 is 0 Å². The van der Waals surface area contributed by atoms with Gasteiger partial charge in [0.25, 0.3) is 10.0 Å². The second-order valence-electron chi connectivity index (χ2n) is 3.46. The Bertz CT molecular complexity index is 654. The third-order valence-electron chi connectivity index (χ3n) is 2.09. The molecule has 2 rings (SSSR count). The van der Waals surface area contributed by atoms with Gasteiger partial charge in [0.2, 0.25) is 5.95 Å². The number of aromatic nitrogens is 3. The van der Waals surface area contributed by atoms with Crippen LogP contribution in [0.1, 0.15) is 6.92 Å². The molecular weight excluding hydrogens is 292 g/mol. The van der Waals surface area contributed by atoms with Gasteiger partial charge in [0.05, 0.1) is 11.5 Å². The first-order chi connectivity index (χ1) is 9.01. The van der Waals surface area contributed by atoms with E-state index in [2.05, 4.69) is 19.9 Å². The summed E-state index contributed by atoms with van der Waals surface area (Å²) in [7, 11) is -3.73. The van der Waals surface area contributed by atoms with Crippen LogP contribution >= 0.6 is 11.6 Å². The molecule has 102 valence electrons. The van der Waals surface area contributed by atoms with Crippen molar-refractivity contribution in [1.29, 1.82) is 0 Å². The Kier molecular flexibility index (Phi) is 3.91. The molecule has 0 saturated heterocycles. The number of rotatable bonds is 5. The highest BCUT2D eigenvalue weighted by Crippen LogP contribution is 2.17. The summed E-state index contributed by atoms with van der Waals surface area (Å²) in [5, 5.41) is 6.57. The van der Waals surface area contributed by atoms with Crippen molar-refractivity contribution >= 4 is 27.6 Å². The Balaban J connectivity index is 2.18. The predicted octanol–water partition coefficient (Wildman–Crippen LogP) is 1.66. The summed E-state index contributed by atoms with van der Waals surface area (Å²) in [5.41, 5.74) is 0. The van der Waals surface area contributed by atoms with E-state index in [0.29, 0.717) is 11.6 Å². The van der Waals surface area contributed by atoms with Crippen LogP contribution in [0.5, 0.6) is 6.01 Å². The van der Waals surface area contributed by atoms with Gasteiger partial charge in [0.1, 0.15) is 0 Å². The van der Waals surface area contributed by atoms with Crippen molar-refractivity contribution in [3.63, 3.8) is 0 Å². The number of H-pyrrole nitrogens is 1. The van der Waals surface area contributed by atoms with Crippen LogP contribution in [-0.2, 0) is 10.0 Å². The number of nitrogens with one attached hydrogen (secondary N) is 2. The lowest BCUT2D eigenvalue weighted by atomic mass is 10.4. The molecule has 0 radical (unpaired) electrons. The molecule has 0 saturated carbocycles. The normalized spacial score (nSPS) is 11.3. The number of hydrogen-bond donors (Lipinski definition) is 2. The molecule has 0 atom stereocenters. The first-order valence-corrected chi connectivity index (χ1v) is 7.21. The fourth-order valence-electron chi connectivity index (χ4n) is 1.29. The van der Waals surface area contributed by atoms with Crippen LogP contribution in [0, 0.1) is 0 Å². The van der Waals surface area contributed by atoms with Gasteiger partial charge in [0.15, 0.2) is 0 Å². The molecule has 0 bridgehead atoms. The Morgan fingerprint density at radius 3 is 2.68 bits per heavy atom. The van der Waals surface area contributed by atoms with Crippen LogP contribution in [0.3, 0.4) is 0 Å². The minimum absolute atomic E-state index is 0.0154. The van der Waals surface area contributed by atoms with E-state index in [1.165, 1.54) is 24.3 Å². The number of ether oxygens (including phenoxy) is 1. The number of nitrogens with zero attached hydrogens (tertiary/aromatic N) is 2. The van der Waals surface area contributed by atoms with Crippen molar-refractivity contribution in [3.8, 4) is 6.01 Å². The standard InChI is InChI=1S/C10H11ClN4O3S/c1-2-18-10-12-9(13-14-10)15-19(16,17)8-5-3-7(11)4-6-8/h3-6H,2H2,1H3,(H2,12,13,14,15). The molecule has 1 aromatic heterocycles. The number of aromatic amines is 1. The smallest absolute Gasteiger partial charge is 0.337 e. The topological polar surface area (TPSA) is 97.0 Å². The predicted molar refractivity (Wildman–Crippen MR) is 69.8 cm³/mol. The largest absolute Gasteiger partial charge is 0.463 e. The zero-order chi connectivity index (χ0) is 13.9. The minimum atomic E-state index is -3.73. The first kappa shape index (κ1) is 13.6. The molecule has 2 aromatic rings. The fourth-order valence-corrected chi connectivity index (χ4v) is 2.37. The zero-order valence-electron chi connectivity index (χ0n) is 9.92. The van der Waals surface area contributed by atoms with Gasteiger partial charge in [-0.1, -0.05) is 11.6 Å². The molecule has 1 aromatic carbocycles. The Morgan fingerprint density at radius 2 is 2.05 bits per heavy atom. The summed E-state index contributed by atoms with van der Waals surface area (Å²) in [5.74, 6) is -0.0154. The lowest BCUT2D eigenvalue weighted by Crippen LogP contribution is -2.13. The Hall–Kier alpha value is -1.80. The average Bonchev–Trinajstić information content (AvgIpc) is 2.77. The van der Waals surface area contributed by atoms with Gasteiger partial charge in [-0.25, -0.2) is 18.2 Å². The quantitative estimate of drug-likeness (QED) is 0.875. The van der Waals surface area contributed by atoms with Gasteiger partial charge < -0.3 is 4.74 Å². The summed E-state index contributed by atoms with van der Waals surface area (Å²) >= 11 is 5.70. The van der Waals surface area contributed by atoms with Gasteiger partial charge in [-0.05, 0) is 31.2 Å². The summed E-state index contributed by atoms with van der Waals surface area (Å²) in [6.07, 6.45) is 0. The second-order valence-corrected chi connectivity index (χ2v) is 5.58. The van der Waals surface area contributed by atoms with Gasteiger partial charge in [-0.2, -0.15) is 4.98 Å². The molecule has 2 N–H and O–H groups in total. The van der Waals surface area contributed by atoms with Crippen molar-refractivity contribution in [3.05, 3.63) is 29.3 Å². The van der Waals surface area contributed by atoms with Gasteiger partial charge in [-0.15, -0.1) is 5.10 Å². The van der Waals surface area contributed by atoms with Crippen molar-refractivity contribution in [2.45, 2.75) is 11.8 Å². The zero-order valence-corrected chi connectivity index (χ0v) is 11.5. The van der Waals surface area contributed by atoms with E-state index in [1.54, 1.807) is 6.92 Å². The van der Waals surface area contributed by atoms with E-state index < -0.39 is 10.0 Å². The highest BCUT2D eigenvalue weighted by Gasteiger charge is 2.16. The van der Waals surface area contributed by atoms with Gasteiger partial charge >= 0.3 is 6.01 Å². The van der Waals surface area contributed by atoms with Crippen LogP contribution in [0.25, 0.3) is 0 Å². The maximum Gasteiger partial charge on any atom is 0.337 e. The number of anilines is 1. The van der Waals surface area contributed by atoms with Crippen molar-refractivity contribution in [2.75, 3.05) is 11.3 Å². The summed E-state index contributed by atoms with van der Waals surface area (Å²) in [6.45, 7) is 2.16. The lowest BCUT2D eigenvalue weighted by Gasteiger charge is -2.04. The molecule has 0 aliphatic carbocycles. The molecule has 0 unspecified atom stereocenters. The third-order valence-corrected chi connectivity index (χ3v) is 3.70. The highest BCUT2D eigenvalue weighted by atomic mass is 35.5. The van der Waals surface area contributed by atoms with E-state index in [4.69, 9.17) is 16.3 Å². The van der Waals surface area contributed by atoms with E-state index in [-0.39, 0.29) is 16.9 Å². The highest BCUT2D eigenvalue weighted by molar-refractivity contribution is 7.92. The Labute approximate surface area is 115 Å². The van der Waals surface area contributed by atoms with E-state index in [9.17, 15) is 8.42 Å². The average molecular weight is 303 g/mol. The van der Waals surface area contributed by atoms with Crippen LogP contribution in [0.15, 0.2) is 29.2 Å². The number of hydrogen-bond acceptors (Lipinski definition) is 5. The molecule has 0 spiro atoms. The van der Waals surface area contributed by atoms with Crippen LogP contribution in [0.4, 0.5) is 5.95 Å². The summed E-state index contributed by atoms with van der Waals surface area (Å²) in [6, 6.07) is 5.84. The van der Waals surface area contributed by atoms with Gasteiger partial charge in [-0.3, -0.25) is 0 Å². The van der Waals surface area contributed by atoms with Crippen molar-refractivity contribution in [1.82, 2.24) is 15.2 Å². The van der Waals surface area contributed by atoms with Crippen LogP contribution < -0.4 is 9.46 Å². The molecule has 19 heavy (non-hydrogen) atoms. The maximum absolute atomic E-state index is 12.0. The molecule has 7 nitrogen and oxygen atoms in total. The second kappa shape index (κ2) is 5.45. The SMILES string of the molecule is CCOc1n[nH]c(NS(=O)(=O)c2ccc(Cl)cc2)n1. The van der Waals surface area contributed by atoms with Crippen LogP contribution in [-0.4, -0.2) is 30.2 Å². The third kappa shape index (κ3) is 3.36. The molecule has 0 aliphatic rings. The first-order valence-electron chi connectivity index (χ1n) is 5.35. The number of benzene rings is 1. The van der Waals surface area contributed by atoms with E-state index in [1.807, 2.05) is 0 Å². The van der Waals surface area contributed by atoms with E-state index in [0.717, 1.165) is 0 Å². The molecule has 9 heteroatoms. The minimum Gasteiger partial charge on any atom is -0.463 e. The fraction of sp³-hybridized carbons (Fsp3) is 0.200. The van der Waals surface area contributed by atoms with Crippen LogP contribution in [0.2, 0.25) is 5.02 Å². The summed E-state index contributed by atoms with van der Waals surface area (Å²) in [4.78, 5) is 3.90. The maximum atomic E-state index is 12.0. The summed E-state index contributed by atoms with van der Waals surface area (Å²) < 4.78 is 31.3.